The van der Waals surface area contributed by atoms with Crippen LogP contribution in [0.2, 0.25) is 0 Å². The molecule has 2 N–H and O–H groups in total. The molecule has 3 nitrogen and oxygen atoms in total. The number of rotatable bonds is 7. The van der Waals surface area contributed by atoms with Crippen molar-refractivity contribution in [2.24, 2.45) is 0 Å². The van der Waals surface area contributed by atoms with E-state index in [1.54, 1.807) is 7.11 Å². The van der Waals surface area contributed by atoms with Gasteiger partial charge in [-0.05, 0) is 19.8 Å². The second-order valence-corrected chi connectivity index (χ2v) is 3.76. The average Bonchev–Trinajstić information content (AvgIpc) is 2.15. The molecule has 13 heavy (non-hydrogen) atoms. The normalized spacial score (nSPS) is 14.5. The molecule has 0 aromatic heterocycles. The van der Waals surface area contributed by atoms with Crippen molar-refractivity contribution < 1.29 is 9.84 Å². The summed E-state index contributed by atoms with van der Waals surface area (Å²) in [5.41, 5.74) is 0.148. The molecule has 0 heterocycles. The smallest absolute Gasteiger partial charge is 0.0897 e. The summed E-state index contributed by atoms with van der Waals surface area (Å²) < 4.78 is 4.85. The van der Waals surface area contributed by atoms with Gasteiger partial charge in [-0.2, -0.15) is 0 Å². The average molecular weight is 189 g/mol. The van der Waals surface area contributed by atoms with Crippen LogP contribution in [0.25, 0.3) is 0 Å². The van der Waals surface area contributed by atoms with Gasteiger partial charge < -0.3 is 15.2 Å². The Labute approximate surface area is 81.5 Å². The molecule has 0 radical (unpaired) electrons. The van der Waals surface area contributed by atoms with Gasteiger partial charge in [0.05, 0.1) is 12.7 Å². The highest BCUT2D eigenvalue weighted by molar-refractivity contribution is 4.80. The number of aliphatic hydroxyl groups excluding tert-OH is 1. The summed E-state index contributed by atoms with van der Waals surface area (Å²) in [6.07, 6.45) is 1.74. The van der Waals surface area contributed by atoms with Gasteiger partial charge in [-0.15, -0.1) is 0 Å². The van der Waals surface area contributed by atoms with Crippen molar-refractivity contribution in [1.29, 1.82) is 0 Å². The first-order valence-corrected chi connectivity index (χ1v) is 5.00. The fourth-order valence-electron chi connectivity index (χ4n) is 1.12. The molecule has 0 saturated heterocycles. The predicted molar refractivity (Wildman–Crippen MR) is 54.9 cm³/mol. The van der Waals surface area contributed by atoms with Crippen molar-refractivity contribution in [1.82, 2.24) is 5.32 Å². The zero-order valence-electron chi connectivity index (χ0n) is 9.26. The minimum absolute atomic E-state index is 0.148. The Bertz CT molecular complexity index is 124. The summed E-state index contributed by atoms with van der Waals surface area (Å²) in [4.78, 5) is 0. The summed E-state index contributed by atoms with van der Waals surface area (Å²) >= 11 is 0. The topological polar surface area (TPSA) is 41.5 Å². The quantitative estimate of drug-likeness (QED) is 0.631. The van der Waals surface area contributed by atoms with Crippen molar-refractivity contribution in [3.8, 4) is 0 Å². The van der Waals surface area contributed by atoms with E-state index in [4.69, 9.17) is 4.74 Å². The lowest BCUT2D eigenvalue weighted by atomic mass is 9.95. The Morgan fingerprint density at radius 2 is 1.92 bits per heavy atom. The van der Waals surface area contributed by atoms with Crippen LogP contribution in [0.5, 0.6) is 0 Å². The Hall–Kier alpha value is -0.120. The van der Waals surface area contributed by atoms with Crippen LogP contribution in [-0.4, -0.2) is 37.0 Å². The van der Waals surface area contributed by atoms with Crippen LogP contribution in [0.4, 0.5) is 0 Å². The van der Waals surface area contributed by atoms with E-state index in [9.17, 15) is 5.11 Å². The van der Waals surface area contributed by atoms with E-state index >= 15 is 0 Å². The fourth-order valence-corrected chi connectivity index (χ4v) is 1.12. The van der Waals surface area contributed by atoms with Gasteiger partial charge in [0.25, 0.3) is 0 Å². The number of β-amino-alcohol motifs (C(OH)–C–C–N with tert-alkyl or cyclic N) is 1. The van der Waals surface area contributed by atoms with E-state index in [1.807, 2.05) is 0 Å². The summed E-state index contributed by atoms with van der Waals surface area (Å²) in [6, 6.07) is 0. The molecule has 0 aromatic carbocycles. The third-order valence-electron chi connectivity index (χ3n) is 2.68. The van der Waals surface area contributed by atoms with Crippen LogP contribution in [-0.2, 0) is 4.74 Å². The largest absolute Gasteiger partial charge is 0.389 e. The van der Waals surface area contributed by atoms with Crippen LogP contribution in [0.15, 0.2) is 0 Å². The first-order chi connectivity index (χ1) is 6.08. The van der Waals surface area contributed by atoms with Gasteiger partial charge in [-0.1, -0.05) is 13.8 Å². The molecule has 0 amide bonds. The Morgan fingerprint density at radius 3 is 2.31 bits per heavy atom. The van der Waals surface area contributed by atoms with Crippen LogP contribution in [0, 0.1) is 0 Å². The van der Waals surface area contributed by atoms with Crippen molar-refractivity contribution in [2.75, 3.05) is 20.3 Å². The summed E-state index contributed by atoms with van der Waals surface area (Å²) in [5.74, 6) is 0. The van der Waals surface area contributed by atoms with Gasteiger partial charge in [0.2, 0.25) is 0 Å². The monoisotopic (exact) mass is 189 g/mol. The molecule has 0 aliphatic rings. The summed E-state index contributed by atoms with van der Waals surface area (Å²) in [6.45, 7) is 7.48. The van der Waals surface area contributed by atoms with Gasteiger partial charge in [0, 0.05) is 19.2 Å². The molecule has 1 atom stereocenters. The Morgan fingerprint density at radius 1 is 1.38 bits per heavy atom. The zero-order chi connectivity index (χ0) is 10.3. The molecule has 0 aliphatic heterocycles. The first-order valence-electron chi connectivity index (χ1n) is 5.00. The molecule has 0 aliphatic carbocycles. The predicted octanol–water partition coefficient (Wildman–Crippen LogP) is 1.16. The third-order valence-corrected chi connectivity index (χ3v) is 2.68. The maximum Gasteiger partial charge on any atom is 0.0897 e. The second-order valence-electron chi connectivity index (χ2n) is 3.76. The molecule has 0 fully saturated rings. The minimum atomic E-state index is -0.401. The van der Waals surface area contributed by atoms with Crippen LogP contribution >= 0.6 is 0 Å². The second kappa shape index (κ2) is 6.35. The van der Waals surface area contributed by atoms with Crippen LogP contribution < -0.4 is 5.32 Å². The van der Waals surface area contributed by atoms with Gasteiger partial charge in [0.1, 0.15) is 0 Å². The van der Waals surface area contributed by atoms with Gasteiger partial charge >= 0.3 is 0 Å². The summed E-state index contributed by atoms with van der Waals surface area (Å²) in [7, 11) is 1.60. The minimum Gasteiger partial charge on any atom is -0.389 e. The van der Waals surface area contributed by atoms with Crippen molar-refractivity contribution in [3.05, 3.63) is 0 Å². The lowest BCUT2D eigenvalue weighted by Gasteiger charge is -2.29. The van der Waals surface area contributed by atoms with E-state index in [2.05, 4.69) is 26.1 Å². The molecule has 0 bridgehead atoms. The highest BCUT2D eigenvalue weighted by atomic mass is 16.5. The van der Waals surface area contributed by atoms with Gasteiger partial charge in [0.15, 0.2) is 0 Å². The number of methoxy groups -OCH3 is 1. The highest BCUT2D eigenvalue weighted by Crippen LogP contribution is 2.12. The Balaban J connectivity index is 3.71. The number of aliphatic hydroxyl groups is 1. The van der Waals surface area contributed by atoms with E-state index in [0.717, 1.165) is 12.8 Å². The molecule has 3 heteroatoms. The van der Waals surface area contributed by atoms with Crippen molar-refractivity contribution in [2.45, 2.75) is 45.3 Å². The maximum absolute atomic E-state index is 9.42. The fraction of sp³-hybridized carbons (Fsp3) is 1.00. The number of ether oxygens (including phenoxy) is 1. The van der Waals surface area contributed by atoms with E-state index in [0.29, 0.717) is 13.2 Å². The number of hydrogen-bond acceptors (Lipinski definition) is 3. The standard InChI is InChI=1S/C10H23NO2/c1-5-10(3,6-2)11-7-9(12)8-13-4/h9,11-12H,5-8H2,1-4H3. The molecule has 0 aromatic rings. The molecule has 80 valence electrons. The highest BCUT2D eigenvalue weighted by Gasteiger charge is 2.19. The lowest BCUT2D eigenvalue weighted by Crippen LogP contribution is -2.45. The lowest BCUT2D eigenvalue weighted by molar-refractivity contribution is 0.0585. The molecule has 0 spiro atoms. The molecule has 1 unspecified atom stereocenters. The molecular formula is C10H23NO2. The first kappa shape index (κ1) is 12.9. The van der Waals surface area contributed by atoms with Crippen molar-refractivity contribution in [3.63, 3.8) is 0 Å². The summed E-state index contributed by atoms with van der Waals surface area (Å²) in [5, 5.41) is 12.8. The Kier molecular flexibility index (Phi) is 6.29. The van der Waals surface area contributed by atoms with Gasteiger partial charge in [-0.3, -0.25) is 0 Å². The van der Waals surface area contributed by atoms with Crippen LogP contribution in [0.1, 0.15) is 33.6 Å². The zero-order valence-corrected chi connectivity index (χ0v) is 9.26. The third kappa shape index (κ3) is 5.24. The maximum atomic E-state index is 9.42. The SMILES string of the molecule is CCC(C)(CC)NCC(O)COC. The van der Waals surface area contributed by atoms with E-state index < -0.39 is 6.10 Å². The van der Waals surface area contributed by atoms with E-state index in [1.165, 1.54) is 0 Å². The van der Waals surface area contributed by atoms with Crippen molar-refractivity contribution >= 4 is 0 Å². The van der Waals surface area contributed by atoms with E-state index in [-0.39, 0.29) is 5.54 Å². The molecule has 0 rings (SSSR count). The number of hydrogen-bond donors (Lipinski definition) is 2. The van der Waals surface area contributed by atoms with Gasteiger partial charge in [-0.25, -0.2) is 0 Å². The number of nitrogens with one attached hydrogen (secondary N) is 1. The molecule has 0 saturated carbocycles. The van der Waals surface area contributed by atoms with Crippen LogP contribution in [0.3, 0.4) is 0 Å². The molecular weight excluding hydrogens is 166 g/mol.